The number of hydrogen-bond donors (Lipinski definition) is 1. The maximum absolute atomic E-state index is 11.9. The van der Waals surface area contributed by atoms with Crippen LogP contribution in [0.4, 0.5) is 0 Å². The minimum atomic E-state index is 0.0428. The van der Waals surface area contributed by atoms with Crippen molar-refractivity contribution in [1.82, 2.24) is 5.32 Å². The molecular weight excluding hydrogens is 234 g/mol. The smallest absolute Gasteiger partial charge is 0.251 e. The van der Waals surface area contributed by atoms with Gasteiger partial charge in [-0.15, -0.1) is 0 Å². The molecule has 19 heavy (non-hydrogen) atoms. The first kappa shape index (κ1) is 17.7. The van der Waals surface area contributed by atoms with Crippen LogP contribution < -0.4 is 5.32 Å². The van der Waals surface area contributed by atoms with Crippen molar-refractivity contribution in [3.8, 4) is 0 Å². The van der Waals surface area contributed by atoms with E-state index in [0.29, 0.717) is 12.0 Å². The number of benzene rings is 1. The molecule has 0 heterocycles. The van der Waals surface area contributed by atoms with Gasteiger partial charge in [0.2, 0.25) is 0 Å². The summed E-state index contributed by atoms with van der Waals surface area (Å²) in [6, 6.07) is 9.71. The summed E-state index contributed by atoms with van der Waals surface area (Å²) in [6.07, 6.45) is 3.21. The standard InChI is InChI=1S/C15H23NO.C2H6/c1-4-14(11-10-12(2)3)16-15(17)13-8-6-5-7-9-13;1-2/h5-9,12,14H,4,10-11H2,1-3H3,(H,16,17);1-2H3. The third kappa shape index (κ3) is 7.66. The first-order chi connectivity index (χ1) is 9.13. The molecule has 0 fully saturated rings. The number of nitrogens with one attached hydrogen (secondary N) is 1. The first-order valence-electron chi connectivity index (χ1n) is 7.49. The second-order valence-electron chi connectivity index (χ2n) is 4.92. The Balaban J connectivity index is 0.00000154. The van der Waals surface area contributed by atoms with Gasteiger partial charge in [0, 0.05) is 11.6 Å². The Bertz CT molecular complexity index is 332. The zero-order valence-corrected chi connectivity index (χ0v) is 13.1. The van der Waals surface area contributed by atoms with E-state index in [9.17, 15) is 4.79 Å². The maximum atomic E-state index is 11.9. The van der Waals surface area contributed by atoms with Gasteiger partial charge in [-0.3, -0.25) is 4.79 Å². The van der Waals surface area contributed by atoms with Gasteiger partial charge in [-0.25, -0.2) is 0 Å². The van der Waals surface area contributed by atoms with Crippen LogP contribution in [0, 0.1) is 5.92 Å². The normalized spacial score (nSPS) is 11.5. The highest BCUT2D eigenvalue weighted by molar-refractivity contribution is 5.94. The summed E-state index contributed by atoms with van der Waals surface area (Å²) in [5.74, 6) is 0.735. The Morgan fingerprint density at radius 2 is 1.68 bits per heavy atom. The molecule has 0 aliphatic carbocycles. The molecule has 1 aromatic rings. The average Bonchev–Trinajstić information content (AvgIpc) is 2.46. The van der Waals surface area contributed by atoms with Gasteiger partial charge in [-0.1, -0.05) is 52.8 Å². The van der Waals surface area contributed by atoms with Gasteiger partial charge in [0.1, 0.15) is 0 Å². The number of amides is 1. The number of carbonyl (C=O) groups is 1. The van der Waals surface area contributed by atoms with E-state index in [1.54, 1.807) is 0 Å². The number of rotatable bonds is 6. The summed E-state index contributed by atoms with van der Waals surface area (Å²) >= 11 is 0. The molecule has 1 N–H and O–H groups in total. The topological polar surface area (TPSA) is 29.1 Å². The SMILES string of the molecule is CC.CCC(CCC(C)C)NC(=O)c1ccccc1. The zero-order valence-electron chi connectivity index (χ0n) is 13.1. The van der Waals surface area contributed by atoms with Crippen molar-refractivity contribution in [2.75, 3.05) is 0 Å². The molecule has 1 aromatic carbocycles. The van der Waals surface area contributed by atoms with E-state index < -0.39 is 0 Å². The Labute approximate surface area is 118 Å². The van der Waals surface area contributed by atoms with E-state index in [2.05, 4.69) is 26.1 Å². The average molecular weight is 263 g/mol. The van der Waals surface area contributed by atoms with Crippen LogP contribution in [0.3, 0.4) is 0 Å². The molecule has 2 heteroatoms. The van der Waals surface area contributed by atoms with Crippen molar-refractivity contribution >= 4 is 5.91 Å². The van der Waals surface area contributed by atoms with Crippen molar-refractivity contribution in [3.63, 3.8) is 0 Å². The molecule has 0 aliphatic rings. The van der Waals surface area contributed by atoms with Gasteiger partial charge in [-0.05, 0) is 37.3 Å². The molecule has 0 aromatic heterocycles. The lowest BCUT2D eigenvalue weighted by atomic mass is 10.0. The van der Waals surface area contributed by atoms with E-state index in [1.165, 1.54) is 0 Å². The van der Waals surface area contributed by atoms with Crippen molar-refractivity contribution in [1.29, 1.82) is 0 Å². The monoisotopic (exact) mass is 263 g/mol. The zero-order chi connectivity index (χ0) is 14.7. The van der Waals surface area contributed by atoms with Gasteiger partial charge in [-0.2, -0.15) is 0 Å². The van der Waals surface area contributed by atoms with Gasteiger partial charge in [0.15, 0.2) is 0 Å². The quantitative estimate of drug-likeness (QED) is 0.794. The van der Waals surface area contributed by atoms with Crippen LogP contribution in [0.5, 0.6) is 0 Å². The van der Waals surface area contributed by atoms with Crippen molar-refractivity contribution in [2.24, 2.45) is 5.92 Å². The van der Waals surface area contributed by atoms with Crippen molar-refractivity contribution in [3.05, 3.63) is 35.9 Å². The molecular formula is C17H29NO. The predicted octanol–water partition coefficient (Wildman–Crippen LogP) is 4.66. The summed E-state index contributed by atoms with van der Waals surface area (Å²) in [6.45, 7) is 10.5. The number of carbonyl (C=O) groups excluding carboxylic acids is 1. The van der Waals surface area contributed by atoms with Gasteiger partial charge in [0.25, 0.3) is 5.91 Å². The fraction of sp³-hybridized carbons (Fsp3) is 0.588. The van der Waals surface area contributed by atoms with Gasteiger partial charge >= 0.3 is 0 Å². The summed E-state index contributed by atoms with van der Waals surface area (Å²) < 4.78 is 0. The summed E-state index contributed by atoms with van der Waals surface area (Å²) in [5.41, 5.74) is 0.746. The van der Waals surface area contributed by atoms with Crippen LogP contribution in [0.25, 0.3) is 0 Å². The highest BCUT2D eigenvalue weighted by Gasteiger charge is 2.12. The predicted molar refractivity (Wildman–Crippen MR) is 83.4 cm³/mol. The molecule has 0 saturated heterocycles. The first-order valence-corrected chi connectivity index (χ1v) is 7.49. The third-order valence-corrected chi connectivity index (χ3v) is 2.96. The molecule has 1 amide bonds. The highest BCUT2D eigenvalue weighted by atomic mass is 16.1. The van der Waals surface area contributed by atoms with Gasteiger partial charge in [0.05, 0.1) is 0 Å². The minimum absolute atomic E-state index is 0.0428. The van der Waals surface area contributed by atoms with Crippen LogP contribution in [-0.2, 0) is 0 Å². The highest BCUT2D eigenvalue weighted by Crippen LogP contribution is 2.10. The van der Waals surface area contributed by atoms with E-state index in [-0.39, 0.29) is 5.91 Å². The molecule has 108 valence electrons. The maximum Gasteiger partial charge on any atom is 0.251 e. The lowest BCUT2D eigenvalue weighted by Gasteiger charge is -2.18. The Morgan fingerprint density at radius 3 is 2.16 bits per heavy atom. The Hall–Kier alpha value is -1.31. The third-order valence-electron chi connectivity index (χ3n) is 2.96. The lowest BCUT2D eigenvalue weighted by molar-refractivity contribution is 0.0932. The lowest BCUT2D eigenvalue weighted by Crippen LogP contribution is -2.34. The Kier molecular flexibility index (Phi) is 9.87. The van der Waals surface area contributed by atoms with Crippen molar-refractivity contribution < 1.29 is 4.79 Å². The summed E-state index contributed by atoms with van der Waals surface area (Å²) in [5, 5.41) is 3.10. The molecule has 0 radical (unpaired) electrons. The van der Waals surface area contributed by atoms with E-state index in [1.807, 2.05) is 44.2 Å². The second kappa shape index (κ2) is 10.6. The minimum Gasteiger partial charge on any atom is -0.349 e. The molecule has 1 rings (SSSR count). The van der Waals surface area contributed by atoms with Crippen LogP contribution in [0.2, 0.25) is 0 Å². The molecule has 0 aliphatic heterocycles. The molecule has 0 spiro atoms. The van der Waals surface area contributed by atoms with Crippen molar-refractivity contribution in [2.45, 2.75) is 59.9 Å². The van der Waals surface area contributed by atoms with E-state index in [4.69, 9.17) is 0 Å². The van der Waals surface area contributed by atoms with Gasteiger partial charge < -0.3 is 5.32 Å². The van der Waals surface area contributed by atoms with Crippen LogP contribution in [-0.4, -0.2) is 11.9 Å². The fourth-order valence-corrected chi connectivity index (χ4v) is 1.77. The largest absolute Gasteiger partial charge is 0.349 e. The molecule has 0 bridgehead atoms. The van der Waals surface area contributed by atoms with Crippen LogP contribution >= 0.6 is 0 Å². The van der Waals surface area contributed by atoms with Crippen LogP contribution in [0.15, 0.2) is 30.3 Å². The fourth-order valence-electron chi connectivity index (χ4n) is 1.77. The van der Waals surface area contributed by atoms with Crippen LogP contribution in [0.1, 0.15) is 64.2 Å². The summed E-state index contributed by atoms with van der Waals surface area (Å²) in [7, 11) is 0. The molecule has 2 nitrogen and oxygen atoms in total. The molecule has 1 unspecified atom stereocenters. The second-order valence-corrected chi connectivity index (χ2v) is 4.92. The summed E-state index contributed by atoms with van der Waals surface area (Å²) in [4.78, 5) is 11.9. The van der Waals surface area contributed by atoms with E-state index in [0.717, 1.165) is 24.8 Å². The number of hydrogen-bond acceptors (Lipinski definition) is 1. The van der Waals surface area contributed by atoms with E-state index >= 15 is 0 Å². The Morgan fingerprint density at radius 1 is 1.11 bits per heavy atom. The molecule has 1 atom stereocenters. The molecule has 0 saturated carbocycles.